The molecule has 0 N–H and O–H groups in total. The summed E-state index contributed by atoms with van der Waals surface area (Å²) in [6.07, 6.45) is 0. The molecular formula is C41H22N6O. The summed E-state index contributed by atoms with van der Waals surface area (Å²) < 4.78 is 8.50. The third-order valence-corrected chi connectivity index (χ3v) is 8.72. The second kappa shape index (κ2) is 10.8. The number of furan rings is 1. The average molecular weight is 615 g/mol. The van der Waals surface area contributed by atoms with Gasteiger partial charge in [-0.05, 0) is 36.4 Å². The maximum absolute atomic E-state index is 10.6. The Kier molecular flexibility index (Phi) is 6.11. The Balaban J connectivity index is 1.31. The highest BCUT2D eigenvalue weighted by Crippen LogP contribution is 2.42. The van der Waals surface area contributed by atoms with Gasteiger partial charge in [0, 0.05) is 32.8 Å². The topological polar surface area (TPSA) is 84.9 Å². The van der Waals surface area contributed by atoms with Crippen molar-refractivity contribution in [2.75, 3.05) is 0 Å². The van der Waals surface area contributed by atoms with E-state index >= 15 is 0 Å². The fraction of sp³-hybridized carbons (Fsp3) is 0. The number of aromatic nitrogens is 4. The van der Waals surface area contributed by atoms with Crippen molar-refractivity contribution in [2.45, 2.75) is 0 Å². The Morgan fingerprint density at radius 2 is 1.25 bits per heavy atom. The normalized spacial score (nSPS) is 11.3. The summed E-state index contributed by atoms with van der Waals surface area (Å²) in [5.74, 6) is 1.29. The number of hydrogen-bond donors (Lipinski definition) is 0. The first-order valence-electron chi connectivity index (χ1n) is 15.4. The first-order valence-corrected chi connectivity index (χ1v) is 15.4. The van der Waals surface area contributed by atoms with E-state index in [4.69, 9.17) is 25.9 Å². The zero-order valence-corrected chi connectivity index (χ0v) is 25.3. The summed E-state index contributed by atoms with van der Waals surface area (Å²) >= 11 is 0. The van der Waals surface area contributed by atoms with Crippen LogP contribution in [0.15, 0.2) is 138 Å². The first-order chi connectivity index (χ1) is 23.7. The van der Waals surface area contributed by atoms with Crippen molar-refractivity contribution in [1.82, 2.24) is 19.5 Å². The van der Waals surface area contributed by atoms with Gasteiger partial charge >= 0.3 is 0 Å². The van der Waals surface area contributed by atoms with Crippen LogP contribution < -0.4 is 0 Å². The minimum absolute atomic E-state index is 0.322. The van der Waals surface area contributed by atoms with Crippen LogP contribution in [0.1, 0.15) is 5.56 Å². The van der Waals surface area contributed by atoms with Gasteiger partial charge in [-0.3, -0.25) is 0 Å². The van der Waals surface area contributed by atoms with E-state index in [0.717, 1.165) is 54.9 Å². The van der Waals surface area contributed by atoms with Crippen LogP contribution in [0.5, 0.6) is 0 Å². The highest BCUT2D eigenvalue weighted by atomic mass is 16.3. The Morgan fingerprint density at radius 1 is 0.625 bits per heavy atom. The molecule has 7 nitrogen and oxygen atoms in total. The van der Waals surface area contributed by atoms with E-state index in [1.165, 1.54) is 0 Å². The lowest BCUT2D eigenvalue weighted by molar-refractivity contribution is 0.673. The number of nitriles is 1. The van der Waals surface area contributed by atoms with Gasteiger partial charge in [0.2, 0.25) is 0 Å². The van der Waals surface area contributed by atoms with Crippen LogP contribution in [-0.4, -0.2) is 19.5 Å². The minimum Gasteiger partial charge on any atom is -0.455 e. The molecule has 0 saturated heterocycles. The molecular weight excluding hydrogens is 592 g/mol. The van der Waals surface area contributed by atoms with Gasteiger partial charge in [-0.25, -0.2) is 19.8 Å². The number of benzene rings is 6. The third-order valence-electron chi connectivity index (χ3n) is 8.72. The van der Waals surface area contributed by atoms with Gasteiger partial charge in [-0.2, -0.15) is 5.26 Å². The molecule has 0 radical (unpaired) electrons. The summed E-state index contributed by atoms with van der Waals surface area (Å²) in [5.41, 5.74) is 6.78. The molecule has 0 aliphatic rings. The standard InChI is InChI=1S/C41H22N6O/c1-43-32-23-35(47-33-18-10-8-17-30(33)37-34(47)21-20-29-28-16-9-11-19-36(28)48-38(29)37)27(24-42)22-31(32)41-45-39(25-12-4-2-5-13-25)44-40(46-41)26-14-6-3-7-15-26/h2-23H. The quantitative estimate of drug-likeness (QED) is 0.184. The number of rotatable bonds is 4. The van der Waals surface area contributed by atoms with Gasteiger partial charge in [-0.15, -0.1) is 0 Å². The van der Waals surface area contributed by atoms with E-state index in [1.807, 2.05) is 102 Å². The molecule has 0 fully saturated rings. The zero-order valence-electron chi connectivity index (χ0n) is 25.3. The molecule has 0 bridgehead atoms. The van der Waals surface area contributed by atoms with Crippen LogP contribution in [0.25, 0.3) is 88.4 Å². The molecule has 9 aromatic rings. The summed E-state index contributed by atoms with van der Waals surface area (Å²) in [6.45, 7) is 8.26. The first kappa shape index (κ1) is 27.2. The largest absolute Gasteiger partial charge is 0.455 e. The van der Waals surface area contributed by atoms with Crippen molar-refractivity contribution >= 4 is 49.4 Å². The molecule has 222 valence electrons. The number of hydrogen-bond acceptors (Lipinski definition) is 5. The lowest BCUT2D eigenvalue weighted by atomic mass is 10.0. The third kappa shape index (κ3) is 4.16. The Bertz CT molecular complexity index is 2740. The van der Waals surface area contributed by atoms with Gasteiger partial charge in [0.05, 0.1) is 34.2 Å². The second-order valence-electron chi connectivity index (χ2n) is 11.4. The van der Waals surface area contributed by atoms with E-state index in [1.54, 1.807) is 12.1 Å². The monoisotopic (exact) mass is 614 g/mol. The van der Waals surface area contributed by atoms with Crippen LogP contribution in [0.2, 0.25) is 0 Å². The van der Waals surface area contributed by atoms with Crippen LogP contribution in [-0.2, 0) is 0 Å². The molecule has 0 saturated carbocycles. The molecule has 48 heavy (non-hydrogen) atoms. The molecule has 0 amide bonds. The maximum atomic E-state index is 10.6. The fourth-order valence-electron chi connectivity index (χ4n) is 6.55. The van der Waals surface area contributed by atoms with Crippen molar-refractivity contribution < 1.29 is 4.42 Å². The molecule has 6 aromatic carbocycles. The smallest absolute Gasteiger partial charge is 0.200 e. The molecule has 7 heteroatoms. The molecule has 3 aromatic heterocycles. The van der Waals surface area contributed by atoms with Gasteiger partial charge < -0.3 is 8.98 Å². The maximum Gasteiger partial charge on any atom is 0.200 e. The van der Waals surface area contributed by atoms with Crippen molar-refractivity contribution in [3.8, 4) is 45.9 Å². The van der Waals surface area contributed by atoms with Crippen molar-refractivity contribution in [3.63, 3.8) is 0 Å². The highest BCUT2D eigenvalue weighted by molar-refractivity contribution is 6.23. The summed E-state index contributed by atoms with van der Waals surface area (Å²) in [5, 5.41) is 14.6. The predicted octanol–water partition coefficient (Wildman–Crippen LogP) is 10.3. The SMILES string of the molecule is [C-]#[N+]c1cc(-n2c3ccccc3c3c4oc5ccccc5c4ccc32)c(C#N)cc1-c1nc(-c2ccccc2)nc(-c2ccccc2)n1. The van der Waals surface area contributed by atoms with E-state index in [-0.39, 0.29) is 0 Å². The molecule has 0 aliphatic carbocycles. The van der Waals surface area contributed by atoms with Gasteiger partial charge in [0.15, 0.2) is 23.2 Å². The number of nitrogens with zero attached hydrogens (tertiary/aromatic N) is 6. The van der Waals surface area contributed by atoms with E-state index in [0.29, 0.717) is 40.0 Å². The highest BCUT2D eigenvalue weighted by Gasteiger charge is 2.23. The van der Waals surface area contributed by atoms with E-state index < -0.39 is 0 Å². The summed E-state index contributed by atoms with van der Waals surface area (Å²) in [6, 6.07) is 45.5. The Labute approximate surface area is 274 Å². The molecule has 0 atom stereocenters. The average Bonchev–Trinajstić information content (AvgIpc) is 3.70. The lowest BCUT2D eigenvalue weighted by Crippen LogP contribution is -2.02. The van der Waals surface area contributed by atoms with Crippen LogP contribution in [0.4, 0.5) is 5.69 Å². The van der Waals surface area contributed by atoms with Crippen LogP contribution in [0.3, 0.4) is 0 Å². The number of para-hydroxylation sites is 2. The summed E-state index contributed by atoms with van der Waals surface area (Å²) in [7, 11) is 0. The van der Waals surface area contributed by atoms with E-state index in [9.17, 15) is 5.26 Å². The molecule has 0 spiro atoms. The van der Waals surface area contributed by atoms with Crippen molar-refractivity contribution in [1.29, 1.82) is 5.26 Å². The van der Waals surface area contributed by atoms with Crippen molar-refractivity contribution in [2.24, 2.45) is 0 Å². The fourth-order valence-corrected chi connectivity index (χ4v) is 6.55. The molecule has 0 aliphatic heterocycles. The lowest BCUT2D eigenvalue weighted by Gasteiger charge is -2.14. The Morgan fingerprint density at radius 3 is 1.94 bits per heavy atom. The van der Waals surface area contributed by atoms with Gasteiger partial charge in [0.25, 0.3) is 0 Å². The van der Waals surface area contributed by atoms with E-state index in [2.05, 4.69) is 35.2 Å². The van der Waals surface area contributed by atoms with Gasteiger partial charge in [0.1, 0.15) is 17.2 Å². The second-order valence-corrected chi connectivity index (χ2v) is 11.4. The van der Waals surface area contributed by atoms with Crippen LogP contribution in [0, 0.1) is 17.9 Å². The molecule has 3 heterocycles. The molecule has 0 unspecified atom stereocenters. The summed E-state index contributed by atoms with van der Waals surface area (Å²) in [4.78, 5) is 18.4. The minimum atomic E-state index is 0.322. The predicted molar refractivity (Wildman–Crippen MR) is 189 cm³/mol. The van der Waals surface area contributed by atoms with Crippen molar-refractivity contribution in [3.05, 3.63) is 150 Å². The number of fused-ring (bicyclic) bond motifs is 7. The van der Waals surface area contributed by atoms with Crippen LogP contribution >= 0.6 is 0 Å². The Hall–Kier alpha value is -7.09. The molecule has 9 rings (SSSR count). The zero-order chi connectivity index (χ0) is 32.2. The van der Waals surface area contributed by atoms with Gasteiger partial charge in [-0.1, -0.05) is 97.1 Å².